The maximum absolute atomic E-state index is 11.8. The van der Waals surface area contributed by atoms with Crippen molar-refractivity contribution >= 4 is 17.2 Å². The highest BCUT2D eigenvalue weighted by molar-refractivity contribution is 7.09. The molecule has 0 aliphatic carbocycles. The lowest BCUT2D eigenvalue weighted by molar-refractivity contribution is -0.126. The highest BCUT2D eigenvalue weighted by Crippen LogP contribution is 2.36. The Morgan fingerprint density at radius 2 is 2.15 bits per heavy atom. The predicted octanol–water partition coefficient (Wildman–Crippen LogP) is 3.01. The molecule has 8 heteroatoms. The molecule has 1 N–H and O–H groups in total. The Kier molecular flexibility index (Phi) is 5.36. The first-order chi connectivity index (χ1) is 13.3. The van der Waals surface area contributed by atoms with Gasteiger partial charge >= 0.3 is 0 Å². The van der Waals surface area contributed by atoms with Gasteiger partial charge in [-0.25, -0.2) is 0 Å². The van der Waals surface area contributed by atoms with Crippen LogP contribution in [0.15, 0.2) is 46.3 Å². The summed E-state index contributed by atoms with van der Waals surface area (Å²) < 4.78 is 21.4. The van der Waals surface area contributed by atoms with Gasteiger partial charge in [0.2, 0.25) is 12.7 Å². The second-order valence-corrected chi connectivity index (χ2v) is 6.95. The zero-order chi connectivity index (χ0) is 18.5. The molecule has 0 fully saturated rings. The fraction of sp³-hybridized carbons (Fsp3) is 0.263. The van der Waals surface area contributed by atoms with E-state index < -0.39 is 0 Å². The molecule has 0 spiro atoms. The number of amides is 1. The van der Waals surface area contributed by atoms with Crippen LogP contribution in [0.4, 0.5) is 0 Å². The van der Waals surface area contributed by atoms with Crippen LogP contribution in [0.25, 0.3) is 11.3 Å². The lowest BCUT2D eigenvalue weighted by Gasteiger charge is -2.04. The third-order valence-electron chi connectivity index (χ3n) is 3.97. The van der Waals surface area contributed by atoms with Gasteiger partial charge in [0, 0.05) is 23.1 Å². The van der Waals surface area contributed by atoms with Crippen LogP contribution >= 0.6 is 11.3 Å². The van der Waals surface area contributed by atoms with Gasteiger partial charge in [0.1, 0.15) is 12.3 Å². The highest BCUT2D eigenvalue weighted by Gasteiger charge is 2.16. The standard InChI is InChI=1S/C19H18N2O5S/c22-19(20-6-5-15-2-1-7-27-15)11-23-10-14-9-17(26-21-14)13-3-4-16-18(8-13)25-12-24-16/h1-4,7-9H,5-6,10-12H2,(H,20,22). The molecule has 3 aromatic rings. The van der Waals surface area contributed by atoms with Crippen molar-refractivity contribution in [2.24, 2.45) is 0 Å². The number of aromatic nitrogens is 1. The third-order valence-corrected chi connectivity index (χ3v) is 4.91. The first-order valence-corrected chi connectivity index (χ1v) is 9.38. The van der Waals surface area contributed by atoms with E-state index in [1.54, 1.807) is 17.4 Å². The molecule has 1 amide bonds. The van der Waals surface area contributed by atoms with Crippen LogP contribution in [0.2, 0.25) is 0 Å². The van der Waals surface area contributed by atoms with Crippen LogP contribution in [-0.2, 0) is 22.6 Å². The quantitative estimate of drug-likeness (QED) is 0.641. The number of carbonyl (C=O) groups is 1. The number of thiophene rings is 1. The molecule has 7 nitrogen and oxygen atoms in total. The van der Waals surface area contributed by atoms with Gasteiger partial charge in [0.05, 0.1) is 6.61 Å². The summed E-state index contributed by atoms with van der Waals surface area (Å²) in [5.41, 5.74) is 1.46. The van der Waals surface area contributed by atoms with Crippen molar-refractivity contribution in [1.29, 1.82) is 0 Å². The van der Waals surface area contributed by atoms with Crippen LogP contribution in [0.1, 0.15) is 10.6 Å². The number of rotatable bonds is 8. The van der Waals surface area contributed by atoms with Crippen molar-refractivity contribution in [3.05, 3.63) is 52.3 Å². The van der Waals surface area contributed by atoms with Crippen LogP contribution in [-0.4, -0.2) is 31.0 Å². The van der Waals surface area contributed by atoms with Gasteiger partial charge in [0.25, 0.3) is 0 Å². The van der Waals surface area contributed by atoms with Gasteiger partial charge in [-0.15, -0.1) is 11.3 Å². The van der Waals surface area contributed by atoms with E-state index in [-0.39, 0.29) is 25.9 Å². The summed E-state index contributed by atoms with van der Waals surface area (Å²) >= 11 is 1.68. The minimum Gasteiger partial charge on any atom is -0.454 e. The molecule has 3 heterocycles. The molecule has 0 atom stereocenters. The number of ether oxygens (including phenoxy) is 3. The molecule has 1 aromatic carbocycles. The summed E-state index contributed by atoms with van der Waals surface area (Å²) in [6.45, 7) is 1.01. The van der Waals surface area contributed by atoms with E-state index in [1.807, 2.05) is 29.6 Å². The lowest BCUT2D eigenvalue weighted by atomic mass is 10.1. The normalized spacial score (nSPS) is 12.3. The molecule has 0 saturated carbocycles. The second-order valence-electron chi connectivity index (χ2n) is 5.92. The summed E-state index contributed by atoms with van der Waals surface area (Å²) in [7, 11) is 0. The fourth-order valence-corrected chi connectivity index (χ4v) is 3.35. The van der Waals surface area contributed by atoms with Crippen LogP contribution in [0, 0.1) is 0 Å². The number of carbonyl (C=O) groups excluding carboxylic acids is 1. The van der Waals surface area contributed by atoms with Crippen molar-refractivity contribution < 1.29 is 23.5 Å². The van der Waals surface area contributed by atoms with Gasteiger partial charge in [-0.1, -0.05) is 11.2 Å². The molecule has 0 bridgehead atoms. The number of fused-ring (bicyclic) bond motifs is 1. The Labute approximate surface area is 159 Å². The van der Waals surface area contributed by atoms with Crippen molar-refractivity contribution in [3.8, 4) is 22.8 Å². The maximum atomic E-state index is 11.8. The summed E-state index contributed by atoms with van der Waals surface area (Å²) in [4.78, 5) is 13.0. The molecule has 140 valence electrons. The zero-order valence-electron chi connectivity index (χ0n) is 14.5. The summed E-state index contributed by atoms with van der Waals surface area (Å²) in [5, 5.41) is 8.84. The molecular weight excluding hydrogens is 368 g/mol. The van der Waals surface area contributed by atoms with Crippen molar-refractivity contribution in [1.82, 2.24) is 10.5 Å². The molecule has 0 unspecified atom stereocenters. The van der Waals surface area contributed by atoms with Crippen LogP contribution in [0.3, 0.4) is 0 Å². The first kappa shape index (κ1) is 17.6. The number of nitrogens with one attached hydrogen (secondary N) is 1. The molecule has 0 radical (unpaired) electrons. The fourth-order valence-electron chi connectivity index (χ4n) is 2.64. The zero-order valence-corrected chi connectivity index (χ0v) is 15.3. The Morgan fingerprint density at radius 3 is 3.04 bits per heavy atom. The smallest absolute Gasteiger partial charge is 0.246 e. The van der Waals surface area contributed by atoms with Gasteiger partial charge in [-0.2, -0.15) is 0 Å². The number of nitrogens with zero attached hydrogens (tertiary/aromatic N) is 1. The minimum atomic E-state index is -0.147. The predicted molar refractivity (Wildman–Crippen MR) is 98.8 cm³/mol. The third kappa shape index (κ3) is 4.47. The Balaban J connectivity index is 1.22. The van der Waals surface area contributed by atoms with E-state index in [9.17, 15) is 4.79 Å². The Morgan fingerprint density at radius 1 is 1.22 bits per heavy atom. The SMILES string of the molecule is O=C(COCc1cc(-c2ccc3c(c2)OCO3)on1)NCCc1cccs1. The largest absolute Gasteiger partial charge is 0.454 e. The highest BCUT2D eigenvalue weighted by atomic mass is 32.1. The van der Waals surface area contributed by atoms with E-state index in [0.29, 0.717) is 29.5 Å². The van der Waals surface area contributed by atoms with Gasteiger partial charge < -0.3 is 24.1 Å². The first-order valence-electron chi connectivity index (χ1n) is 8.50. The Hall–Kier alpha value is -2.84. The Bertz CT molecular complexity index is 907. The number of hydrogen-bond acceptors (Lipinski definition) is 7. The second kappa shape index (κ2) is 8.24. The van der Waals surface area contributed by atoms with E-state index in [1.165, 1.54) is 4.88 Å². The average Bonchev–Trinajstić information content (AvgIpc) is 3.42. The number of hydrogen-bond donors (Lipinski definition) is 1. The molecule has 4 rings (SSSR count). The molecule has 27 heavy (non-hydrogen) atoms. The van der Waals surface area contributed by atoms with Crippen LogP contribution in [0.5, 0.6) is 11.5 Å². The molecule has 0 saturated heterocycles. The maximum Gasteiger partial charge on any atom is 0.246 e. The molecule has 1 aliphatic rings. The minimum absolute atomic E-state index is 0.0172. The van der Waals surface area contributed by atoms with Crippen molar-refractivity contribution in [3.63, 3.8) is 0 Å². The van der Waals surface area contributed by atoms with Crippen molar-refractivity contribution in [2.45, 2.75) is 13.0 Å². The topological polar surface area (TPSA) is 82.8 Å². The number of benzene rings is 1. The molecular formula is C19H18N2O5S. The summed E-state index contributed by atoms with van der Waals surface area (Å²) in [5.74, 6) is 1.85. The van der Waals surface area contributed by atoms with E-state index in [0.717, 1.165) is 12.0 Å². The van der Waals surface area contributed by atoms with Gasteiger partial charge in [-0.3, -0.25) is 4.79 Å². The van der Waals surface area contributed by atoms with Crippen molar-refractivity contribution in [2.75, 3.05) is 19.9 Å². The van der Waals surface area contributed by atoms with E-state index in [4.69, 9.17) is 18.7 Å². The van der Waals surface area contributed by atoms with Crippen LogP contribution < -0.4 is 14.8 Å². The molecule has 2 aromatic heterocycles. The summed E-state index contributed by atoms with van der Waals surface area (Å²) in [6.07, 6.45) is 0.825. The monoisotopic (exact) mass is 386 g/mol. The van der Waals surface area contributed by atoms with E-state index >= 15 is 0 Å². The molecule has 1 aliphatic heterocycles. The van der Waals surface area contributed by atoms with Gasteiger partial charge in [0.15, 0.2) is 17.3 Å². The summed E-state index contributed by atoms with van der Waals surface area (Å²) in [6, 6.07) is 11.4. The van der Waals surface area contributed by atoms with E-state index in [2.05, 4.69) is 16.5 Å². The average molecular weight is 386 g/mol. The lowest BCUT2D eigenvalue weighted by Crippen LogP contribution is -2.29. The van der Waals surface area contributed by atoms with Gasteiger partial charge in [-0.05, 0) is 36.1 Å².